The highest BCUT2D eigenvalue weighted by molar-refractivity contribution is 7.99. The van der Waals surface area contributed by atoms with E-state index in [9.17, 15) is 4.39 Å². The molecular weight excluding hydrogens is 295 g/mol. The minimum atomic E-state index is -0.220. The van der Waals surface area contributed by atoms with Crippen LogP contribution in [-0.4, -0.2) is 11.8 Å². The molecule has 20 heavy (non-hydrogen) atoms. The first-order chi connectivity index (χ1) is 9.67. The Hall–Kier alpha value is -1.07. The van der Waals surface area contributed by atoms with Crippen LogP contribution >= 0.6 is 23.4 Å². The predicted molar refractivity (Wildman–Crippen MR) is 83.4 cm³/mol. The van der Waals surface area contributed by atoms with Gasteiger partial charge in [0.15, 0.2) is 0 Å². The van der Waals surface area contributed by atoms with Crippen molar-refractivity contribution in [2.45, 2.75) is 17.4 Å². The SMILES string of the molecule is NNC(CSc1cccc(F)c1)Cc1cccc(Cl)c1. The fraction of sp³-hybridized carbons (Fsp3) is 0.200. The number of thioether (sulfide) groups is 1. The zero-order valence-electron chi connectivity index (χ0n) is 10.9. The van der Waals surface area contributed by atoms with Crippen molar-refractivity contribution in [3.05, 3.63) is 64.9 Å². The second kappa shape index (κ2) is 7.64. The summed E-state index contributed by atoms with van der Waals surface area (Å²) < 4.78 is 13.1. The lowest BCUT2D eigenvalue weighted by molar-refractivity contribution is 0.575. The number of hydrazine groups is 1. The Kier molecular flexibility index (Phi) is 5.86. The summed E-state index contributed by atoms with van der Waals surface area (Å²) in [7, 11) is 0. The van der Waals surface area contributed by atoms with Crippen LogP contribution in [0.2, 0.25) is 5.02 Å². The smallest absolute Gasteiger partial charge is 0.124 e. The van der Waals surface area contributed by atoms with Gasteiger partial charge >= 0.3 is 0 Å². The van der Waals surface area contributed by atoms with Crippen LogP contribution in [0.15, 0.2) is 53.4 Å². The summed E-state index contributed by atoms with van der Waals surface area (Å²) >= 11 is 7.54. The molecule has 0 fully saturated rings. The molecule has 0 aliphatic carbocycles. The summed E-state index contributed by atoms with van der Waals surface area (Å²) in [5.74, 6) is 6.12. The molecule has 3 N–H and O–H groups in total. The summed E-state index contributed by atoms with van der Waals surface area (Å²) in [5, 5.41) is 0.719. The van der Waals surface area contributed by atoms with Crippen LogP contribution < -0.4 is 11.3 Å². The van der Waals surface area contributed by atoms with Crippen molar-refractivity contribution in [2.75, 3.05) is 5.75 Å². The summed E-state index contributed by atoms with van der Waals surface area (Å²) in [6, 6.07) is 14.4. The molecule has 2 aromatic carbocycles. The third kappa shape index (κ3) is 4.80. The van der Waals surface area contributed by atoms with Crippen LogP contribution in [0.1, 0.15) is 5.56 Å². The van der Waals surface area contributed by atoms with Crippen LogP contribution in [0.4, 0.5) is 4.39 Å². The molecule has 0 amide bonds. The lowest BCUT2D eigenvalue weighted by atomic mass is 10.1. The van der Waals surface area contributed by atoms with E-state index < -0.39 is 0 Å². The van der Waals surface area contributed by atoms with E-state index in [1.165, 1.54) is 12.1 Å². The van der Waals surface area contributed by atoms with Crippen molar-refractivity contribution in [3.63, 3.8) is 0 Å². The Morgan fingerprint density at radius 2 is 2.00 bits per heavy atom. The second-order valence-electron chi connectivity index (χ2n) is 4.47. The van der Waals surface area contributed by atoms with Gasteiger partial charge in [-0.05, 0) is 42.3 Å². The van der Waals surface area contributed by atoms with E-state index in [-0.39, 0.29) is 11.9 Å². The van der Waals surface area contributed by atoms with E-state index in [1.807, 2.05) is 30.3 Å². The molecule has 0 heterocycles. The van der Waals surface area contributed by atoms with E-state index in [2.05, 4.69) is 5.43 Å². The van der Waals surface area contributed by atoms with Crippen molar-refractivity contribution in [1.29, 1.82) is 0 Å². The average Bonchev–Trinajstić information content (AvgIpc) is 2.43. The number of nitrogens with two attached hydrogens (primary N) is 1. The maximum absolute atomic E-state index is 13.1. The highest BCUT2D eigenvalue weighted by atomic mass is 35.5. The standard InChI is InChI=1S/C15H16ClFN2S/c16-12-4-1-3-11(7-12)8-14(19-18)10-20-15-6-2-5-13(17)9-15/h1-7,9,14,19H,8,10,18H2. The second-order valence-corrected chi connectivity index (χ2v) is 6.00. The predicted octanol–water partition coefficient (Wildman–Crippen LogP) is 3.65. The van der Waals surface area contributed by atoms with Gasteiger partial charge in [-0.1, -0.05) is 29.8 Å². The number of halogens is 2. The number of hydrogen-bond donors (Lipinski definition) is 2. The molecule has 2 nitrogen and oxygen atoms in total. The molecule has 0 bridgehead atoms. The monoisotopic (exact) mass is 310 g/mol. The van der Waals surface area contributed by atoms with E-state index in [0.29, 0.717) is 0 Å². The summed E-state index contributed by atoms with van der Waals surface area (Å²) in [5.41, 5.74) is 3.92. The molecule has 1 atom stereocenters. The Morgan fingerprint density at radius 1 is 1.20 bits per heavy atom. The third-order valence-corrected chi connectivity index (χ3v) is 4.25. The number of hydrogen-bond acceptors (Lipinski definition) is 3. The topological polar surface area (TPSA) is 38.0 Å². The molecular formula is C15H16ClFN2S. The first kappa shape index (κ1) is 15.3. The lowest BCUT2D eigenvalue weighted by Crippen LogP contribution is -2.38. The molecule has 0 aliphatic rings. The van der Waals surface area contributed by atoms with Crippen LogP contribution in [0.25, 0.3) is 0 Å². The largest absolute Gasteiger partial charge is 0.271 e. The Morgan fingerprint density at radius 3 is 2.70 bits per heavy atom. The summed E-state index contributed by atoms with van der Waals surface area (Å²) in [6.45, 7) is 0. The maximum atomic E-state index is 13.1. The van der Waals surface area contributed by atoms with Crippen molar-refractivity contribution >= 4 is 23.4 Å². The van der Waals surface area contributed by atoms with Crippen molar-refractivity contribution in [3.8, 4) is 0 Å². The van der Waals surface area contributed by atoms with Crippen LogP contribution in [-0.2, 0) is 6.42 Å². The Balaban J connectivity index is 1.92. The summed E-state index contributed by atoms with van der Waals surface area (Å²) in [6.07, 6.45) is 0.777. The van der Waals surface area contributed by atoms with Crippen molar-refractivity contribution in [2.24, 2.45) is 5.84 Å². The zero-order valence-corrected chi connectivity index (χ0v) is 12.4. The Labute approximate surface area is 127 Å². The van der Waals surface area contributed by atoms with Gasteiger partial charge in [-0.15, -0.1) is 11.8 Å². The quantitative estimate of drug-likeness (QED) is 0.486. The molecule has 0 saturated carbocycles. The first-order valence-corrected chi connectivity index (χ1v) is 7.62. The number of benzene rings is 2. The normalized spacial score (nSPS) is 12.3. The number of rotatable bonds is 6. The highest BCUT2D eigenvalue weighted by Crippen LogP contribution is 2.21. The van der Waals surface area contributed by atoms with Gasteiger partial charge in [0.05, 0.1) is 0 Å². The van der Waals surface area contributed by atoms with Gasteiger partial charge in [0.25, 0.3) is 0 Å². The van der Waals surface area contributed by atoms with E-state index in [1.54, 1.807) is 17.8 Å². The summed E-state index contributed by atoms with van der Waals surface area (Å²) in [4.78, 5) is 0.899. The molecule has 0 aliphatic heterocycles. The molecule has 0 spiro atoms. The van der Waals surface area contributed by atoms with Gasteiger partial charge in [-0.2, -0.15) is 0 Å². The van der Waals surface area contributed by atoms with E-state index >= 15 is 0 Å². The van der Waals surface area contributed by atoms with E-state index in [4.69, 9.17) is 17.4 Å². The molecule has 5 heteroatoms. The maximum Gasteiger partial charge on any atom is 0.124 e. The van der Waals surface area contributed by atoms with Gasteiger partial charge in [-0.25, -0.2) is 4.39 Å². The van der Waals surface area contributed by atoms with E-state index in [0.717, 1.165) is 27.7 Å². The van der Waals surface area contributed by atoms with Gasteiger partial charge in [0, 0.05) is 21.7 Å². The van der Waals surface area contributed by atoms with Crippen molar-refractivity contribution in [1.82, 2.24) is 5.43 Å². The highest BCUT2D eigenvalue weighted by Gasteiger charge is 2.09. The Bertz CT molecular complexity index is 565. The minimum absolute atomic E-state index is 0.0988. The van der Waals surface area contributed by atoms with Crippen LogP contribution in [0.3, 0.4) is 0 Å². The molecule has 1 unspecified atom stereocenters. The van der Waals surface area contributed by atoms with Gasteiger partial charge in [-0.3, -0.25) is 11.3 Å². The molecule has 2 aromatic rings. The molecule has 2 rings (SSSR count). The molecule has 0 aromatic heterocycles. The fourth-order valence-electron chi connectivity index (χ4n) is 1.87. The minimum Gasteiger partial charge on any atom is -0.271 e. The van der Waals surface area contributed by atoms with Gasteiger partial charge < -0.3 is 0 Å². The first-order valence-electron chi connectivity index (χ1n) is 6.26. The molecule has 106 valence electrons. The van der Waals surface area contributed by atoms with Crippen LogP contribution in [0, 0.1) is 5.82 Å². The van der Waals surface area contributed by atoms with Crippen LogP contribution in [0.5, 0.6) is 0 Å². The average molecular weight is 311 g/mol. The molecule has 0 radical (unpaired) electrons. The van der Waals surface area contributed by atoms with Gasteiger partial charge in [0.2, 0.25) is 0 Å². The van der Waals surface area contributed by atoms with Gasteiger partial charge in [0.1, 0.15) is 5.82 Å². The fourth-order valence-corrected chi connectivity index (χ4v) is 3.06. The third-order valence-electron chi connectivity index (χ3n) is 2.85. The van der Waals surface area contributed by atoms with Crippen molar-refractivity contribution < 1.29 is 4.39 Å². The zero-order chi connectivity index (χ0) is 14.4. The number of nitrogens with one attached hydrogen (secondary N) is 1. The lowest BCUT2D eigenvalue weighted by Gasteiger charge is -2.15. The molecule has 0 saturated heterocycles.